The molecule has 4 rings (SSSR count). The molecule has 28 heavy (non-hydrogen) atoms. The van der Waals surface area contributed by atoms with Crippen molar-refractivity contribution in [3.8, 4) is 0 Å². The maximum absolute atomic E-state index is 13.2. The Kier molecular flexibility index (Phi) is 4.98. The van der Waals surface area contributed by atoms with Gasteiger partial charge in [0.2, 0.25) is 0 Å². The summed E-state index contributed by atoms with van der Waals surface area (Å²) in [4.78, 5) is 19.7. The average molecular weight is 394 g/mol. The second-order valence-corrected chi connectivity index (χ2v) is 7.91. The summed E-state index contributed by atoms with van der Waals surface area (Å²) >= 11 is 6.05. The van der Waals surface area contributed by atoms with Crippen molar-refractivity contribution >= 4 is 40.4 Å². The van der Waals surface area contributed by atoms with Crippen LogP contribution in [0.3, 0.4) is 0 Å². The van der Waals surface area contributed by atoms with Crippen LogP contribution in [0, 0.1) is 5.92 Å². The monoisotopic (exact) mass is 393 g/mol. The predicted molar refractivity (Wildman–Crippen MR) is 117 cm³/mol. The molecular formula is C23H24ClN3O. The minimum absolute atomic E-state index is 0.0458. The van der Waals surface area contributed by atoms with E-state index in [1.165, 1.54) is 0 Å². The van der Waals surface area contributed by atoms with Gasteiger partial charge in [-0.05, 0) is 29.7 Å². The Labute approximate surface area is 170 Å². The Morgan fingerprint density at radius 3 is 2.57 bits per heavy atom. The molecule has 1 amide bonds. The molecule has 1 aromatic heterocycles. The number of amides is 1. The molecule has 2 heterocycles. The number of hydrogen-bond donors (Lipinski definition) is 0. The molecule has 0 bridgehead atoms. The Morgan fingerprint density at radius 2 is 1.86 bits per heavy atom. The van der Waals surface area contributed by atoms with E-state index in [-0.39, 0.29) is 17.9 Å². The Balaban J connectivity index is 1.88. The highest BCUT2D eigenvalue weighted by molar-refractivity contribution is 6.30. The minimum Gasteiger partial charge on any atom is -0.322 e. The van der Waals surface area contributed by atoms with Crippen LogP contribution in [0.2, 0.25) is 5.02 Å². The molecule has 0 radical (unpaired) electrons. The van der Waals surface area contributed by atoms with Gasteiger partial charge < -0.3 is 4.57 Å². The first kappa shape index (κ1) is 18.8. The zero-order valence-electron chi connectivity index (χ0n) is 16.4. The lowest BCUT2D eigenvalue weighted by atomic mass is 9.99. The molecule has 0 N–H and O–H groups in total. The summed E-state index contributed by atoms with van der Waals surface area (Å²) < 4.78 is 2.21. The van der Waals surface area contributed by atoms with E-state index in [1.807, 2.05) is 49.7 Å². The number of rotatable bonds is 4. The van der Waals surface area contributed by atoms with Gasteiger partial charge in [-0.1, -0.05) is 62.2 Å². The molecule has 2 unspecified atom stereocenters. The van der Waals surface area contributed by atoms with E-state index in [0.29, 0.717) is 6.54 Å². The molecule has 0 saturated carbocycles. The predicted octanol–water partition coefficient (Wildman–Crippen LogP) is 5.15. The highest BCUT2D eigenvalue weighted by Gasteiger charge is 2.32. The van der Waals surface area contributed by atoms with Crippen molar-refractivity contribution < 1.29 is 4.79 Å². The highest BCUT2D eigenvalue weighted by atomic mass is 35.5. The van der Waals surface area contributed by atoms with Crippen LogP contribution in [0.4, 0.5) is 5.82 Å². The summed E-state index contributed by atoms with van der Waals surface area (Å²) in [7, 11) is 1.86. The van der Waals surface area contributed by atoms with E-state index < -0.39 is 0 Å². The number of aromatic nitrogens is 1. The fourth-order valence-corrected chi connectivity index (χ4v) is 4.00. The lowest BCUT2D eigenvalue weighted by Gasteiger charge is -2.24. The standard InChI is InChI=1S/C23H24ClN3O/c1-4-15(2)21-23(28)26(3)22-19(13-25-21)18-7-5-6-8-20(18)27(22)14-16-9-11-17(24)12-10-16/h5-13,15,21H,4,14H2,1-3H3. The van der Waals surface area contributed by atoms with E-state index in [4.69, 9.17) is 16.6 Å². The normalized spacial score (nSPS) is 17.6. The Bertz CT molecular complexity index is 1050. The van der Waals surface area contributed by atoms with Crippen LogP contribution in [0.25, 0.3) is 10.9 Å². The minimum atomic E-state index is -0.342. The summed E-state index contributed by atoms with van der Waals surface area (Å²) in [6.07, 6.45) is 2.81. The van der Waals surface area contributed by atoms with Gasteiger partial charge in [-0.3, -0.25) is 14.7 Å². The number of carbonyl (C=O) groups is 1. The van der Waals surface area contributed by atoms with Crippen LogP contribution in [-0.2, 0) is 11.3 Å². The molecule has 5 heteroatoms. The topological polar surface area (TPSA) is 37.6 Å². The van der Waals surface area contributed by atoms with Crippen LogP contribution in [-0.4, -0.2) is 29.8 Å². The first-order valence-corrected chi connectivity index (χ1v) is 10.1. The third-order valence-electron chi connectivity index (χ3n) is 5.68. The van der Waals surface area contributed by atoms with Crippen LogP contribution in [0.1, 0.15) is 31.4 Å². The second-order valence-electron chi connectivity index (χ2n) is 7.47. The van der Waals surface area contributed by atoms with Crippen molar-refractivity contribution in [3.63, 3.8) is 0 Å². The number of nitrogens with zero attached hydrogens (tertiary/aromatic N) is 3. The fourth-order valence-electron chi connectivity index (χ4n) is 3.87. The summed E-state index contributed by atoms with van der Waals surface area (Å²) in [5, 5.41) is 1.83. The summed E-state index contributed by atoms with van der Waals surface area (Å²) in [5.74, 6) is 1.14. The van der Waals surface area contributed by atoms with Crippen LogP contribution < -0.4 is 4.90 Å². The molecule has 1 aliphatic rings. The third-order valence-corrected chi connectivity index (χ3v) is 5.94. The van der Waals surface area contributed by atoms with Crippen molar-refractivity contribution in [2.75, 3.05) is 11.9 Å². The molecule has 0 saturated heterocycles. The number of halogens is 1. The lowest BCUT2D eigenvalue weighted by Crippen LogP contribution is -2.39. The van der Waals surface area contributed by atoms with Crippen molar-refractivity contribution in [2.24, 2.45) is 10.9 Å². The summed E-state index contributed by atoms with van der Waals surface area (Å²) in [6.45, 7) is 4.84. The third kappa shape index (κ3) is 3.12. The maximum Gasteiger partial charge on any atom is 0.252 e. The summed E-state index contributed by atoms with van der Waals surface area (Å²) in [6, 6.07) is 15.8. The zero-order valence-corrected chi connectivity index (χ0v) is 17.1. The molecule has 2 atom stereocenters. The number of likely N-dealkylation sites (N-methyl/N-ethyl adjacent to an activating group) is 1. The van der Waals surface area contributed by atoms with Crippen LogP contribution in [0.5, 0.6) is 0 Å². The van der Waals surface area contributed by atoms with E-state index in [9.17, 15) is 4.79 Å². The number of hydrogen-bond acceptors (Lipinski definition) is 2. The first-order chi connectivity index (χ1) is 13.5. The largest absolute Gasteiger partial charge is 0.322 e. The molecular weight excluding hydrogens is 370 g/mol. The van der Waals surface area contributed by atoms with Gasteiger partial charge >= 0.3 is 0 Å². The van der Waals surface area contributed by atoms with Gasteiger partial charge in [0.1, 0.15) is 11.9 Å². The van der Waals surface area contributed by atoms with Gasteiger partial charge in [0.05, 0.1) is 5.52 Å². The smallest absolute Gasteiger partial charge is 0.252 e. The van der Waals surface area contributed by atoms with Crippen LogP contribution in [0.15, 0.2) is 53.5 Å². The number of benzene rings is 2. The van der Waals surface area contributed by atoms with Crippen molar-refractivity contribution in [1.82, 2.24) is 4.57 Å². The van der Waals surface area contributed by atoms with E-state index in [0.717, 1.165) is 39.3 Å². The van der Waals surface area contributed by atoms with Crippen molar-refractivity contribution in [1.29, 1.82) is 0 Å². The van der Waals surface area contributed by atoms with Gasteiger partial charge in [0.15, 0.2) is 0 Å². The number of para-hydroxylation sites is 1. The molecule has 2 aromatic carbocycles. The zero-order chi connectivity index (χ0) is 19.8. The average Bonchev–Trinajstić information content (AvgIpc) is 2.95. The van der Waals surface area contributed by atoms with Crippen molar-refractivity contribution in [3.05, 3.63) is 64.7 Å². The quantitative estimate of drug-likeness (QED) is 0.603. The van der Waals surface area contributed by atoms with E-state index in [2.05, 4.69) is 30.5 Å². The Hall–Kier alpha value is -2.59. The van der Waals surface area contributed by atoms with Crippen molar-refractivity contribution in [2.45, 2.75) is 32.9 Å². The molecule has 4 nitrogen and oxygen atoms in total. The van der Waals surface area contributed by atoms with Crippen LogP contribution >= 0.6 is 11.6 Å². The fraction of sp³-hybridized carbons (Fsp3) is 0.304. The first-order valence-electron chi connectivity index (χ1n) is 9.67. The number of fused-ring (bicyclic) bond motifs is 3. The van der Waals surface area contributed by atoms with Gasteiger partial charge in [0, 0.05) is 35.8 Å². The van der Waals surface area contributed by atoms with E-state index in [1.54, 1.807) is 4.90 Å². The lowest BCUT2D eigenvalue weighted by molar-refractivity contribution is -0.120. The van der Waals surface area contributed by atoms with Gasteiger partial charge in [0.25, 0.3) is 5.91 Å². The number of aliphatic imine (C=N–C) groups is 1. The molecule has 0 spiro atoms. The molecule has 0 fully saturated rings. The summed E-state index contributed by atoms with van der Waals surface area (Å²) in [5.41, 5.74) is 3.23. The molecule has 3 aromatic rings. The van der Waals surface area contributed by atoms with Gasteiger partial charge in [-0.2, -0.15) is 0 Å². The SMILES string of the molecule is CCC(C)C1N=Cc2c(n(Cc3ccc(Cl)cc3)c3ccccc23)N(C)C1=O. The maximum atomic E-state index is 13.2. The highest BCUT2D eigenvalue weighted by Crippen LogP contribution is 2.35. The molecule has 1 aliphatic heterocycles. The number of anilines is 1. The van der Waals surface area contributed by atoms with Gasteiger partial charge in [-0.15, -0.1) is 0 Å². The van der Waals surface area contributed by atoms with Gasteiger partial charge in [-0.25, -0.2) is 0 Å². The van der Waals surface area contributed by atoms with E-state index >= 15 is 0 Å². The molecule has 144 valence electrons. The second kappa shape index (κ2) is 7.44. The molecule has 0 aliphatic carbocycles. The number of carbonyl (C=O) groups excluding carboxylic acids is 1. The Morgan fingerprint density at radius 1 is 1.14 bits per heavy atom.